The molecule has 0 aliphatic carbocycles. The average Bonchev–Trinajstić information content (AvgIpc) is 2.51. The molecule has 1 aliphatic rings. The Bertz CT molecular complexity index is 468. The van der Waals surface area contributed by atoms with Gasteiger partial charge >= 0.3 is 0 Å². The number of likely N-dealkylation sites (tertiary alicyclic amines) is 1. The minimum Gasteiger partial charge on any atom is -0.494 e. The fourth-order valence-corrected chi connectivity index (χ4v) is 2.72. The van der Waals surface area contributed by atoms with Crippen molar-refractivity contribution in [1.82, 2.24) is 10.2 Å². The second kappa shape index (κ2) is 9.70. The van der Waals surface area contributed by atoms with E-state index in [0.717, 1.165) is 38.1 Å². The Morgan fingerprint density at radius 1 is 1.45 bits per heavy atom. The lowest BCUT2D eigenvalue weighted by atomic mass is 10.1. The van der Waals surface area contributed by atoms with Crippen LogP contribution < -0.4 is 10.1 Å². The zero-order chi connectivity index (χ0) is 15.1. The van der Waals surface area contributed by atoms with Gasteiger partial charge in [-0.1, -0.05) is 12.1 Å². The molecule has 1 aromatic carbocycles. The standard InChI is InChI=1S/C17H26N2O2.ClH/c1-14-6-3-8-16(12-14)21-11-5-9-17(20)19-10-4-7-15(13-19)18-2;/h3,6,8,12,15,18H,4-5,7,9-11,13H2,1-2H3;1H. The number of rotatable bonds is 6. The van der Waals surface area contributed by atoms with Crippen molar-refractivity contribution in [2.75, 3.05) is 26.7 Å². The number of amides is 1. The Balaban J connectivity index is 0.00000242. The molecule has 5 heteroatoms. The highest BCUT2D eigenvalue weighted by atomic mass is 35.5. The summed E-state index contributed by atoms with van der Waals surface area (Å²) in [5.41, 5.74) is 1.19. The van der Waals surface area contributed by atoms with Crippen molar-refractivity contribution in [3.05, 3.63) is 29.8 Å². The van der Waals surface area contributed by atoms with Crippen molar-refractivity contribution in [2.45, 2.75) is 38.6 Å². The first-order valence-electron chi connectivity index (χ1n) is 7.83. The van der Waals surface area contributed by atoms with Crippen molar-refractivity contribution in [2.24, 2.45) is 0 Å². The Hall–Kier alpha value is -1.26. The van der Waals surface area contributed by atoms with E-state index in [-0.39, 0.29) is 18.3 Å². The fraction of sp³-hybridized carbons (Fsp3) is 0.588. The van der Waals surface area contributed by atoms with Crippen LogP contribution in [0.3, 0.4) is 0 Å². The number of nitrogens with one attached hydrogen (secondary N) is 1. The lowest BCUT2D eigenvalue weighted by molar-refractivity contribution is -0.132. The van der Waals surface area contributed by atoms with E-state index in [9.17, 15) is 4.79 Å². The van der Waals surface area contributed by atoms with Gasteiger partial charge in [0.2, 0.25) is 5.91 Å². The number of carbonyl (C=O) groups is 1. The normalized spacial score (nSPS) is 17.7. The molecule has 1 amide bonds. The smallest absolute Gasteiger partial charge is 0.222 e. The second-order valence-electron chi connectivity index (χ2n) is 5.74. The number of halogens is 1. The lowest BCUT2D eigenvalue weighted by Gasteiger charge is -2.32. The Morgan fingerprint density at radius 3 is 3.00 bits per heavy atom. The summed E-state index contributed by atoms with van der Waals surface area (Å²) in [4.78, 5) is 14.2. The molecule has 1 saturated heterocycles. The Kier molecular flexibility index (Phi) is 8.28. The first kappa shape index (κ1) is 18.8. The van der Waals surface area contributed by atoms with Gasteiger partial charge in [0.15, 0.2) is 0 Å². The monoisotopic (exact) mass is 326 g/mol. The number of hydrogen-bond donors (Lipinski definition) is 1. The third-order valence-electron chi connectivity index (χ3n) is 3.98. The summed E-state index contributed by atoms with van der Waals surface area (Å²) in [6, 6.07) is 8.46. The van der Waals surface area contributed by atoms with Crippen LogP contribution in [-0.2, 0) is 4.79 Å². The molecule has 1 unspecified atom stereocenters. The van der Waals surface area contributed by atoms with Crippen LogP contribution in [0.25, 0.3) is 0 Å². The molecule has 1 aromatic rings. The molecule has 22 heavy (non-hydrogen) atoms. The van der Waals surface area contributed by atoms with Gasteiger partial charge in [-0.05, 0) is 50.9 Å². The predicted octanol–water partition coefficient (Wildman–Crippen LogP) is 2.79. The highest BCUT2D eigenvalue weighted by Crippen LogP contribution is 2.14. The molecule has 124 valence electrons. The lowest BCUT2D eigenvalue weighted by Crippen LogP contribution is -2.46. The molecule has 0 spiro atoms. The summed E-state index contributed by atoms with van der Waals surface area (Å²) in [7, 11) is 1.97. The van der Waals surface area contributed by atoms with E-state index in [1.165, 1.54) is 5.56 Å². The number of nitrogens with zero attached hydrogens (tertiary/aromatic N) is 1. The van der Waals surface area contributed by atoms with Crippen molar-refractivity contribution < 1.29 is 9.53 Å². The number of likely N-dealkylation sites (N-methyl/N-ethyl adjacent to an activating group) is 1. The van der Waals surface area contributed by atoms with Crippen molar-refractivity contribution in [3.63, 3.8) is 0 Å². The van der Waals surface area contributed by atoms with Crippen molar-refractivity contribution >= 4 is 18.3 Å². The molecule has 1 fully saturated rings. The van der Waals surface area contributed by atoms with Crippen LogP contribution in [0.4, 0.5) is 0 Å². The van der Waals surface area contributed by atoms with Gasteiger partial charge in [-0.25, -0.2) is 0 Å². The molecule has 0 saturated carbocycles. The molecular formula is C17H27ClN2O2. The van der Waals surface area contributed by atoms with Crippen LogP contribution in [0.1, 0.15) is 31.2 Å². The second-order valence-corrected chi connectivity index (χ2v) is 5.74. The van der Waals surface area contributed by atoms with Crippen LogP contribution >= 0.6 is 12.4 Å². The number of benzene rings is 1. The van der Waals surface area contributed by atoms with E-state index < -0.39 is 0 Å². The van der Waals surface area contributed by atoms with E-state index >= 15 is 0 Å². The van der Waals surface area contributed by atoms with Gasteiger partial charge < -0.3 is 15.0 Å². The van der Waals surface area contributed by atoms with Gasteiger partial charge in [0.05, 0.1) is 6.61 Å². The summed E-state index contributed by atoms with van der Waals surface area (Å²) in [6.45, 7) is 4.38. The molecule has 0 bridgehead atoms. The molecule has 4 nitrogen and oxygen atoms in total. The minimum atomic E-state index is 0. The van der Waals surface area contributed by atoms with Crippen LogP contribution in [0, 0.1) is 6.92 Å². The Labute approximate surface area is 139 Å². The average molecular weight is 327 g/mol. The zero-order valence-electron chi connectivity index (χ0n) is 13.5. The largest absolute Gasteiger partial charge is 0.494 e. The van der Waals surface area contributed by atoms with E-state index in [2.05, 4.69) is 5.32 Å². The van der Waals surface area contributed by atoms with Crippen LogP contribution in [0.15, 0.2) is 24.3 Å². The van der Waals surface area contributed by atoms with Gasteiger partial charge in [0.25, 0.3) is 0 Å². The molecule has 1 heterocycles. The maximum Gasteiger partial charge on any atom is 0.222 e. The number of ether oxygens (including phenoxy) is 1. The molecule has 2 rings (SSSR count). The van der Waals surface area contributed by atoms with Gasteiger partial charge in [-0.3, -0.25) is 4.79 Å². The number of carbonyl (C=O) groups excluding carboxylic acids is 1. The third-order valence-corrected chi connectivity index (χ3v) is 3.98. The summed E-state index contributed by atoms with van der Waals surface area (Å²) in [5.74, 6) is 1.14. The number of piperidine rings is 1. The summed E-state index contributed by atoms with van der Waals surface area (Å²) in [5, 5.41) is 3.26. The molecular weight excluding hydrogens is 300 g/mol. The highest BCUT2D eigenvalue weighted by Gasteiger charge is 2.21. The fourth-order valence-electron chi connectivity index (χ4n) is 2.72. The predicted molar refractivity (Wildman–Crippen MR) is 91.8 cm³/mol. The first-order chi connectivity index (χ1) is 10.2. The first-order valence-corrected chi connectivity index (χ1v) is 7.83. The summed E-state index contributed by atoms with van der Waals surface area (Å²) >= 11 is 0. The molecule has 0 radical (unpaired) electrons. The quantitative estimate of drug-likeness (QED) is 0.817. The van der Waals surface area contributed by atoms with Gasteiger partial charge in [0.1, 0.15) is 5.75 Å². The van der Waals surface area contributed by atoms with Crippen LogP contribution in [0.5, 0.6) is 5.75 Å². The van der Waals surface area contributed by atoms with E-state index in [1.807, 2.05) is 43.1 Å². The zero-order valence-corrected chi connectivity index (χ0v) is 14.3. The molecule has 1 aliphatic heterocycles. The molecule has 1 atom stereocenters. The van der Waals surface area contributed by atoms with Gasteiger partial charge in [0, 0.05) is 25.6 Å². The number of aryl methyl sites for hydroxylation is 1. The highest BCUT2D eigenvalue weighted by molar-refractivity contribution is 5.85. The summed E-state index contributed by atoms with van der Waals surface area (Å²) in [6.07, 6.45) is 3.60. The van der Waals surface area contributed by atoms with Crippen LogP contribution in [0.2, 0.25) is 0 Å². The topological polar surface area (TPSA) is 41.6 Å². The minimum absolute atomic E-state index is 0. The molecule has 1 N–H and O–H groups in total. The number of hydrogen-bond acceptors (Lipinski definition) is 3. The van der Waals surface area contributed by atoms with Crippen LogP contribution in [-0.4, -0.2) is 43.6 Å². The maximum atomic E-state index is 12.2. The summed E-state index contributed by atoms with van der Waals surface area (Å²) < 4.78 is 5.68. The van der Waals surface area contributed by atoms with Gasteiger partial charge in [-0.2, -0.15) is 0 Å². The van der Waals surface area contributed by atoms with Gasteiger partial charge in [-0.15, -0.1) is 12.4 Å². The van der Waals surface area contributed by atoms with E-state index in [0.29, 0.717) is 19.1 Å². The van der Waals surface area contributed by atoms with E-state index in [4.69, 9.17) is 4.74 Å². The maximum absolute atomic E-state index is 12.2. The van der Waals surface area contributed by atoms with Crippen molar-refractivity contribution in [1.29, 1.82) is 0 Å². The van der Waals surface area contributed by atoms with E-state index in [1.54, 1.807) is 0 Å². The SMILES string of the molecule is CNC1CCCN(C(=O)CCCOc2cccc(C)c2)C1.Cl. The van der Waals surface area contributed by atoms with Crippen molar-refractivity contribution in [3.8, 4) is 5.75 Å². The third kappa shape index (κ3) is 5.85. The molecule has 0 aromatic heterocycles. The Morgan fingerprint density at radius 2 is 2.27 bits per heavy atom.